The number of anilines is 2. The molecule has 1 aliphatic heterocycles. The Labute approximate surface area is 140 Å². The third kappa shape index (κ3) is 3.26. The minimum Gasteiger partial charge on any atom is -0.319 e. The number of benzene rings is 2. The van der Waals surface area contributed by atoms with Gasteiger partial charge >= 0.3 is 0 Å². The first-order chi connectivity index (χ1) is 11.4. The summed E-state index contributed by atoms with van der Waals surface area (Å²) in [6, 6.07) is 10.9. The summed E-state index contributed by atoms with van der Waals surface area (Å²) >= 11 is 0. The average Bonchev–Trinajstić information content (AvgIpc) is 2.89. The van der Waals surface area contributed by atoms with Crippen LogP contribution in [0.4, 0.5) is 15.8 Å². The number of hydrogen-bond donors (Lipinski definition) is 1. The SMILES string of the molecule is Cc1ccc(NC(=O)c2cccc(N3CCCS3(=O)=O)c2)c(F)c1. The first kappa shape index (κ1) is 16.4. The van der Waals surface area contributed by atoms with Crippen molar-refractivity contribution in [3.8, 4) is 0 Å². The Morgan fingerprint density at radius 2 is 2.00 bits per heavy atom. The van der Waals surface area contributed by atoms with Gasteiger partial charge in [0, 0.05) is 12.1 Å². The van der Waals surface area contributed by atoms with E-state index in [1.165, 1.54) is 22.5 Å². The van der Waals surface area contributed by atoms with Crippen LogP contribution in [0.25, 0.3) is 0 Å². The zero-order chi connectivity index (χ0) is 17.3. The number of hydrogen-bond acceptors (Lipinski definition) is 3. The minimum absolute atomic E-state index is 0.0878. The molecule has 0 spiro atoms. The molecule has 1 amide bonds. The molecule has 0 unspecified atom stereocenters. The van der Waals surface area contributed by atoms with Gasteiger partial charge in [0.15, 0.2) is 0 Å². The number of sulfonamides is 1. The molecule has 1 saturated heterocycles. The number of halogens is 1. The molecule has 0 radical (unpaired) electrons. The molecule has 3 rings (SSSR count). The first-order valence-corrected chi connectivity index (χ1v) is 9.16. The number of carbonyl (C=O) groups is 1. The molecule has 1 aliphatic rings. The maximum Gasteiger partial charge on any atom is 0.255 e. The Morgan fingerprint density at radius 3 is 2.67 bits per heavy atom. The van der Waals surface area contributed by atoms with Gasteiger partial charge in [-0.15, -0.1) is 0 Å². The smallest absolute Gasteiger partial charge is 0.255 e. The number of amides is 1. The summed E-state index contributed by atoms with van der Waals surface area (Å²) in [5.74, 6) is -0.893. The highest BCUT2D eigenvalue weighted by Gasteiger charge is 2.28. The van der Waals surface area contributed by atoms with Crippen LogP contribution >= 0.6 is 0 Å². The first-order valence-electron chi connectivity index (χ1n) is 7.55. The molecule has 126 valence electrons. The fourth-order valence-corrected chi connectivity index (χ4v) is 4.20. The molecule has 24 heavy (non-hydrogen) atoms. The molecular weight excluding hydrogens is 331 g/mol. The van der Waals surface area contributed by atoms with E-state index >= 15 is 0 Å². The molecule has 0 saturated carbocycles. The van der Waals surface area contributed by atoms with Crippen LogP contribution in [0.3, 0.4) is 0 Å². The van der Waals surface area contributed by atoms with E-state index in [9.17, 15) is 17.6 Å². The highest BCUT2D eigenvalue weighted by Crippen LogP contribution is 2.25. The molecule has 0 aliphatic carbocycles. The number of nitrogens with zero attached hydrogens (tertiary/aromatic N) is 1. The Balaban J connectivity index is 1.84. The quantitative estimate of drug-likeness (QED) is 0.927. The topological polar surface area (TPSA) is 66.5 Å². The summed E-state index contributed by atoms with van der Waals surface area (Å²) in [6.07, 6.45) is 0.563. The summed E-state index contributed by atoms with van der Waals surface area (Å²) in [6.45, 7) is 2.16. The van der Waals surface area contributed by atoms with E-state index in [0.29, 0.717) is 18.7 Å². The maximum atomic E-state index is 13.9. The normalized spacial score (nSPS) is 16.2. The van der Waals surface area contributed by atoms with Crippen LogP contribution in [0.1, 0.15) is 22.3 Å². The van der Waals surface area contributed by atoms with Crippen molar-refractivity contribution in [3.63, 3.8) is 0 Å². The Morgan fingerprint density at radius 1 is 1.21 bits per heavy atom. The Hall–Kier alpha value is -2.41. The van der Waals surface area contributed by atoms with Crippen molar-refractivity contribution in [2.24, 2.45) is 0 Å². The van der Waals surface area contributed by atoms with E-state index in [0.717, 1.165) is 5.56 Å². The lowest BCUT2D eigenvalue weighted by atomic mass is 10.1. The van der Waals surface area contributed by atoms with E-state index in [1.54, 1.807) is 31.2 Å². The molecule has 0 atom stereocenters. The fourth-order valence-electron chi connectivity index (χ4n) is 2.65. The maximum absolute atomic E-state index is 13.9. The molecule has 2 aromatic carbocycles. The number of carbonyl (C=O) groups excluding carboxylic acids is 1. The van der Waals surface area contributed by atoms with E-state index < -0.39 is 21.7 Å². The molecule has 1 heterocycles. The largest absolute Gasteiger partial charge is 0.319 e. The summed E-state index contributed by atoms with van der Waals surface area (Å²) in [5, 5.41) is 2.51. The van der Waals surface area contributed by atoms with Crippen LogP contribution in [0.5, 0.6) is 0 Å². The summed E-state index contributed by atoms with van der Waals surface area (Å²) < 4.78 is 39.1. The van der Waals surface area contributed by atoms with Gasteiger partial charge in [-0.3, -0.25) is 9.10 Å². The molecule has 1 fully saturated rings. The van der Waals surface area contributed by atoms with Crippen molar-refractivity contribution >= 4 is 27.3 Å². The predicted octanol–water partition coefficient (Wildman–Crippen LogP) is 2.93. The highest BCUT2D eigenvalue weighted by atomic mass is 32.2. The standard InChI is InChI=1S/C17H17FN2O3S/c1-12-6-7-16(15(18)10-12)19-17(21)13-4-2-5-14(11-13)20-8-3-9-24(20,22)23/h2,4-7,10-11H,3,8-9H2,1H3,(H,19,21). The second-order valence-electron chi connectivity index (χ2n) is 5.73. The third-order valence-electron chi connectivity index (χ3n) is 3.87. The van der Waals surface area contributed by atoms with Gasteiger partial charge in [0.2, 0.25) is 10.0 Å². The minimum atomic E-state index is -3.31. The van der Waals surface area contributed by atoms with Crippen LogP contribution in [0.2, 0.25) is 0 Å². The van der Waals surface area contributed by atoms with Gasteiger partial charge in [-0.1, -0.05) is 12.1 Å². The molecule has 0 bridgehead atoms. The highest BCUT2D eigenvalue weighted by molar-refractivity contribution is 7.93. The lowest BCUT2D eigenvalue weighted by molar-refractivity contribution is 0.102. The zero-order valence-electron chi connectivity index (χ0n) is 13.1. The van der Waals surface area contributed by atoms with Gasteiger partial charge in [-0.05, 0) is 49.2 Å². The Bertz CT molecular complexity index is 896. The van der Waals surface area contributed by atoms with E-state index in [-0.39, 0.29) is 17.0 Å². The van der Waals surface area contributed by atoms with Crippen LogP contribution in [0, 0.1) is 12.7 Å². The van der Waals surface area contributed by atoms with Crippen molar-refractivity contribution in [3.05, 3.63) is 59.4 Å². The van der Waals surface area contributed by atoms with Crippen LogP contribution in [-0.4, -0.2) is 26.6 Å². The van der Waals surface area contributed by atoms with Gasteiger partial charge in [0.05, 0.1) is 17.1 Å². The van der Waals surface area contributed by atoms with Crippen molar-refractivity contribution < 1.29 is 17.6 Å². The van der Waals surface area contributed by atoms with Gasteiger partial charge in [-0.25, -0.2) is 12.8 Å². The average molecular weight is 348 g/mol. The lowest BCUT2D eigenvalue weighted by Gasteiger charge is -2.17. The molecule has 2 aromatic rings. The molecule has 7 heteroatoms. The van der Waals surface area contributed by atoms with Gasteiger partial charge < -0.3 is 5.32 Å². The van der Waals surface area contributed by atoms with Crippen LogP contribution in [-0.2, 0) is 10.0 Å². The third-order valence-corrected chi connectivity index (χ3v) is 5.74. The summed E-state index contributed by atoms with van der Waals surface area (Å²) in [5.41, 5.74) is 1.57. The van der Waals surface area contributed by atoms with Crippen LogP contribution in [0.15, 0.2) is 42.5 Å². The van der Waals surface area contributed by atoms with Crippen molar-refractivity contribution in [1.29, 1.82) is 0 Å². The molecule has 1 N–H and O–H groups in total. The van der Waals surface area contributed by atoms with Crippen molar-refractivity contribution in [2.45, 2.75) is 13.3 Å². The van der Waals surface area contributed by atoms with E-state index in [4.69, 9.17) is 0 Å². The monoisotopic (exact) mass is 348 g/mol. The molecule has 0 aromatic heterocycles. The molecular formula is C17H17FN2O3S. The van der Waals surface area contributed by atoms with Crippen molar-refractivity contribution in [2.75, 3.05) is 21.9 Å². The van der Waals surface area contributed by atoms with Gasteiger partial charge in [-0.2, -0.15) is 0 Å². The summed E-state index contributed by atoms with van der Waals surface area (Å²) in [7, 11) is -3.31. The molecule has 5 nitrogen and oxygen atoms in total. The number of rotatable bonds is 3. The number of nitrogens with one attached hydrogen (secondary N) is 1. The van der Waals surface area contributed by atoms with E-state index in [1.807, 2.05) is 0 Å². The van der Waals surface area contributed by atoms with Crippen LogP contribution < -0.4 is 9.62 Å². The van der Waals surface area contributed by atoms with Gasteiger partial charge in [0.25, 0.3) is 5.91 Å². The number of aryl methyl sites for hydroxylation is 1. The summed E-state index contributed by atoms with van der Waals surface area (Å²) in [4.78, 5) is 12.3. The second-order valence-corrected chi connectivity index (χ2v) is 7.74. The zero-order valence-corrected chi connectivity index (χ0v) is 13.9. The Kier molecular flexibility index (Phi) is 4.28. The fraction of sp³-hybridized carbons (Fsp3) is 0.235. The van der Waals surface area contributed by atoms with E-state index in [2.05, 4.69) is 5.32 Å². The lowest BCUT2D eigenvalue weighted by Crippen LogP contribution is -2.25. The van der Waals surface area contributed by atoms with Gasteiger partial charge in [0.1, 0.15) is 5.82 Å². The predicted molar refractivity (Wildman–Crippen MR) is 91.3 cm³/mol. The van der Waals surface area contributed by atoms with Crippen molar-refractivity contribution in [1.82, 2.24) is 0 Å². The second kappa shape index (κ2) is 6.24.